The molecule has 0 aromatic heterocycles. The Labute approximate surface area is 101 Å². The van der Waals surface area contributed by atoms with Crippen LogP contribution in [0.15, 0.2) is 0 Å². The SMILES string of the molecule is CN(CCCCC(C)(C)C#N)C1CCCC1. The molecule has 16 heavy (non-hydrogen) atoms. The second-order valence-electron chi connectivity index (χ2n) is 5.87. The average Bonchev–Trinajstić information content (AvgIpc) is 2.77. The van der Waals surface area contributed by atoms with Crippen molar-refractivity contribution >= 4 is 0 Å². The zero-order valence-electron chi connectivity index (χ0n) is 11.1. The van der Waals surface area contributed by atoms with E-state index in [-0.39, 0.29) is 5.41 Å². The first-order chi connectivity index (χ1) is 7.55. The summed E-state index contributed by atoms with van der Waals surface area (Å²) in [5.41, 5.74) is -0.133. The topological polar surface area (TPSA) is 27.0 Å². The van der Waals surface area contributed by atoms with E-state index in [4.69, 9.17) is 5.26 Å². The van der Waals surface area contributed by atoms with Crippen molar-refractivity contribution in [3.05, 3.63) is 0 Å². The molecule has 2 heteroatoms. The fraction of sp³-hybridized carbons (Fsp3) is 0.929. The minimum atomic E-state index is -0.133. The summed E-state index contributed by atoms with van der Waals surface area (Å²) < 4.78 is 0. The van der Waals surface area contributed by atoms with Crippen LogP contribution < -0.4 is 0 Å². The lowest BCUT2D eigenvalue weighted by Crippen LogP contribution is -2.30. The van der Waals surface area contributed by atoms with Gasteiger partial charge in [0.2, 0.25) is 0 Å². The molecule has 1 saturated carbocycles. The van der Waals surface area contributed by atoms with Gasteiger partial charge < -0.3 is 4.90 Å². The van der Waals surface area contributed by atoms with Crippen molar-refractivity contribution in [1.82, 2.24) is 4.90 Å². The summed E-state index contributed by atoms with van der Waals surface area (Å²) in [5, 5.41) is 8.91. The van der Waals surface area contributed by atoms with E-state index in [0.717, 1.165) is 12.5 Å². The summed E-state index contributed by atoms with van der Waals surface area (Å²) in [6.45, 7) is 5.27. The minimum Gasteiger partial charge on any atom is -0.303 e. The van der Waals surface area contributed by atoms with Crippen LogP contribution in [0.3, 0.4) is 0 Å². The molecule has 0 heterocycles. The molecule has 0 saturated heterocycles. The zero-order valence-corrected chi connectivity index (χ0v) is 11.1. The molecule has 0 radical (unpaired) electrons. The van der Waals surface area contributed by atoms with E-state index in [9.17, 15) is 0 Å². The van der Waals surface area contributed by atoms with Crippen LogP contribution in [0.1, 0.15) is 58.8 Å². The molecule has 0 amide bonds. The molecule has 2 nitrogen and oxygen atoms in total. The number of nitriles is 1. The Morgan fingerprint density at radius 2 is 1.88 bits per heavy atom. The molecule has 1 aliphatic rings. The Kier molecular flexibility index (Phi) is 5.28. The van der Waals surface area contributed by atoms with Crippen LogP contribution in [0.2, 0.25) is 0 Å². The van der Waals surface area contributed by atoms with Gasteiger partial charge in [0.1, 0.15) is 0 Å². The Morgan fingerprint density at radius 1 is 1.25 bits per heavy atom. The average molecular weight is 222 g/mol. The summed E-state index contributed by atoms with van der Waals surface area (Å²) in [5.74, 6) is 0. The quantitative estimate of drug-likeness (QED) is 0.642. The third-order valence-corrected chi connectivity index (χ3v) is 3.81. The monoisotopic (exact) mass is 222 g/mol. The molecule has 0 aromatic carbocycles. The highest BCUT2D eigenvalue weighted by atomic mass is 15.1. The molecule has 0 bridgehead atoms. The molecule has 0 unspecified atom stereocenters. The summed E-state index contributed by atoms with van der Waals surface area (Å²) >= 11 is 0. The number of rotatable bonds is 6. The van der Waals surface area contributed by atoms with Gasteiger partial charge in [0, 0.05) is 6.04 Å². The highest BCUT2D eigenvalue weighted by Gasteiger charge is 2.19. The summed E-state index contributed by atoms with van der Waals surface area (Å²) in [4.78, 5) is 2.52. The lowest BCUT2D eigenvalue weighted by molar-refractivity contribution is 0.237. The Bertz CT molecular complexity index is 234. The van der Waals surface area contributed by atoms with Crippen molar-refractivity contribution in [2.24, 2.45) is 5.41 Å². The molecule has 1 aliphatic carbocycles. The second-order valence-corrected chi connectivity index (χ2v) is 5.87. The third kappa shape index (κ3) is 4.53. The van der Waals surface area contributed by atoms with Gasteiger partial charge in [-0.1, -0.05) is 19.3 Å². The maximum absolute atomic E-state index is 8.91. The Balaban J connectivity index is 2.09. The first kappa shape index (κ1) is 13.5. The summed E-state index contributed by atoms with van der Waals surface area (Å²) in [7, 11) is 2.26. The van der Waals surface area contributed by atoms with Crippen LogP contribution in [-0.4, -0.2) is 24.5 Å². The standard InChI is InChI=1S/C14H26N2/c1-14(2,12-15)10-6-7-11-16(3)13-8-4-5-9-13/h13H,4-11H2,1-3H3. The molecule has 0 N–H and O–H groups in total. The van der Waals surface area contributed by atoms with E-state index in [0.29, 0.717) is 0 Å². The normalized spacial score (nSPS) is 17.9. The Hall–Kier alpha value is -0.550. The van der Waals surface area contributed by atoms with Gasteiger partial charge in [-0.3, -0.25) is 0 Å². The smallest absolute Gasteiger partial charge is 0.0683 e. The zero-order chi connectivity index (χ0) is 12.0. The molecule has 92 valence electrons. The Morgan fingerprint density at radius 3 is 2.44 bits per heavy atom. The van der Waals surface area contributed by atoms with Crippen LogP contribution in [0, 0.1) is 16.7 Å². The molecule has 1 fully saturated rings. The molecule has 1 rings (SSSR count). The lowest BCUT2D eigenvalue weighted by atomic mass is 9.89. The van der Waals surface area contributed by atoms with Crippen LogP contribution in [0.4, 0.5) is 0 Å². The fourth-order valence-electron chi connectivity index (χ4n) is 2.51. The van der Waals surface area contributed by atoms with E-state index in [1.807, 2.05) is 13.8 Å². The van der Waals surface area contributed by atoms with Gasteiger partial charge in [-0.05, 0) is 53.1 Å². The van der Waals surface area contributed by atoms with Crippen molar-refractivity contribution in [3.8, 4) is 6.07 Å². The summed E-state index contributed by atoms with van der Waals surface area (Å²) in [6.07, 6.45) is 9.05. The van der Waals surface area contributed by atoms with Gasteiger partial charge in [0.25, 0.3) is 0 Å². The van der Waals surface area contributed by atoms with E-state index < -0.39 is 0 Å². The molecule has 0 aromatic rings. The minimum absolute atomic E-state index is 0.133. The van der Waals surface area contributed by atoms with Crippen molar-refractivity contribution in [1.29, 1.82) is 5.26 Å². The fourth-order valence-corrected chi connectivity index (χ4v) is 2.51. The van der Waals surface area contributed by atoms with Gasteiger partial charge >= 0.3 is 0 Å². The first-order valence-electron chi connectivity index (χ1n) is 6.67. The molecule has 0 atom stereocenters. The van der Waals surface area contributed by atoms with Crippen LogP contribution in [0.25, 0.3) is 0 Å². The van der Waals surface area contributed by atoms with Crippen LogP contribution >= 0.6 is 0 Å². The number of hydrogen-bond donors (Lipinski definition) is 0. The van der Waals surface area contributed by atoms with E-state index in [1.165, 1.54) is 45.1 Å². The van der Waals surface area contributed by atoms with Crippen molar-refractivity contribution in [2.75, 3.05) is 13.6 Å². The molecular weight excluding hydrogens is 196 g/mol. The van der Waals surface area contributed by atoms with Gasteiger partial charge in [0.15, 0.2) is 0 Å². The predicted molar refractivity (Wildman–Crippen MR) is 68.1 cm³/mol. The first-order valence-corrected chi connectivity index (χ1v) is 6.67. The van der Waals surface area contributed by atoms with Crippen molar-refractivity contribution < 1.29 is 0 Å². The van der Waals surface area contributed by atoms with Gasteiger partial charge in [-0.2, -0.15) is 5.26 Å². The largest absolute Gasteiger partial charge is 0.303 e. The molecular formula is C14H26N2. The van der Waals surface area contributed by atoms with Crippen LogP contribution in [0.5, 0.6) is 0 Å². The van der Waals surface area contributed by atoms with E-state index in [2.05, 4.69) is 18.0 Å². The maximum Gasteiger partial charge on any atom is 0.0683 e. The number of nitrogens with zero attached hydrogens (tertiary/aromatic N) is 2. The third-order valence-electron chi connectivity index (χ3n) is 3.81. The molecule has 0 aliphatic heterocycles. The number of unbranched alkanes of at least 4 members (excludes halogenated alkanes) is 1. The van der Waals surface area contributed by atoms with Crippen LogP contribution in [-0.2, 0) is 0 Å². The lowest BCUT2D eigenvalue weighted by Gasteiger charge is -2.24. The van der Waals surface area contributed by atoms with E-state index in [1.54, 1.807) is 0 Å². The van der Waals surface area contributed by atoms with Crippen molar-refractivity contribution in [2.45, 2.75) is 64.8 Å². The van der Waals surface area contributed by atoms with E-state index >= 15 is 0 Å². The second kappa shape index (κ2) is 6.25. The van der Waals surface area contributed by atoms with Gasteiger partial charge in [-0.25, -0.2) is 0 Å². The highest BCUT2D eigenvalue weighted by Crippen LogP contribution is 2.24. The van der Waals surface area contributed by atoms with Gasteiger partial charge in [-0.15, -0.1) is 0 Å². The summed E-state index contributed by atoms with van der Waals surface area (Å²) in [6, 6.07) is 3.21. The number of hydrogen-bond acceptors (Lipinski definition) is 2. The van der Waals surface area contributed by atoms with Gasteiger partial charge in [0.05, 0.1) is 11.5 Å². The highest BCUT2D eigenvalue weighted by molar-refractivity contribution is 4.91. The predicted octanol–water partition coefficient (Wildman–Crippen LogP) is 3.58. The maximum atomic E-state index is 8.91. The molecule has 0 spiro atoms. The van der Waals surface area contributed by atoms with Crippen molar-refractivity contribution in [3.63, 3.8) is 0 Å².